The molecular weight excluding hydrogens is 498 g/mol. The van der Waals surface area contributed by atoms with E-state index < -0.39 is 10.1 Å². The Morgan fingerprint density at radius 1 is 1.28 bits per heavy atom. The molecular formula is C26H29N3O5S2. The van der Waals surface area contributed by atoms with Crippen molar-refractivity contribution < 1.29 is 27.1 Å². The highest BCUT2D eigenvalue weighted by Crippen LogP contribution is 2.46. The molecule has 0 saturated carbocycles. The Morgan fingerprint density at radius 3 is 2.69 bits per heavy atom. The molecule has 0 unspecified atom stereocenters. The largest absolute Gasteiger partial charge is 0.744 e. The quantitative estimate of drug-likeness (QED) is 0.303. The van der Waals surface area contributed by atoms with E-state index in [1.165, 1.54) is 31.0 Å². The minimum atomic E-state index is -4.54. The maximum Gasteiger partial charge on any atom is 0.327 e. The molecule has 3 heterocycles. The first-order valence-electron chi connectivity index (χ1n) is 11.5. The van der Waals surface area contributed by atoms with E-state index in [9.17, 15) is 17.8 Å². The first-order chi connectivity index (χ1) is 16.9. The molecule has 4 rings (SSSR count). The van der Waals surface area contributed by atoms with Gasteiger partial charge in [0.1, 0.15) is 10.1 Å². The van der Waals surface area contributed by atoms with E-state index in [1.807, 2.05) is 41.9 Å². The van der Waals surface area contributed by atoms with Crippen LogP contribution in [0.1, 0.15) is 38.7 Å². The van der Waals surface area contributed by atoms with Gasteiger partial charge in [0.25, 0.3) is 0 Å². The summed E-state index contributed by atoms with van der Waals surface area (Å²) < 4.78 is 41.3. The summed E-state index contributed by atoms with van der Waals surface area (Å²) in [5.74, 6) is 0.660. The number of aryl methyl sites for hydroxylation is 1. The van der Waals surface area contributed by atoms with Crippen molar-refractivity contribution in [2.45, 2.75) is 48.3 Å². The molecule has 2 aromatic rings. The zero-order valence-electron chi connectivity index (χ0n) is 20.9. The number of esters is 1. The molecule has 10 heteroatoms. The van der Waals surface area contributed by atoms with Gasteiger partial charge in [0.15, 0.2) is 5.71 Å². The fourth-order valence-corrected chi connectivity index (χ4v) is 6.07. The van der Waals surface area contributed by atoms with Gasteiger partial charge in [-0.3, -0.25) is 4.79 Å². The number of allylic oxidation sites excluding steroid dienone is 3. The summed E-state index contributed by atoms with van der Waals surface area (Å²) in [6.45, 7) is 4.29. The number of carbonyl (C=O) groups is 1. The number of carbonyl (C=O) groups excluding carboxylic acids is 1. The van der Waals surface area contributed by atoms with Crippen LogP contribution in [0.15, 0.2) is 74.1 Å². The molecule has 0 amide bonds. The van der Waals surface area contributed by atoms with Crippen LogP contribution < -0.4 is 9.47 Å². The van der Waals surface area contributed by atoms with E-state index in [4.69, 9.17) is 9.73 Å². The Hall–Kier alpha value is -2.95. The number of nitrogens with zero attached hydrogens (tertiary/aromatic N) is 3. The van der Waals surface area contributed by atoms with Crippen molar-refractivity contribution in [3.63, 3.8) is 0 Å². The van der Waals surface area contributed by atoms with Crippen LogP contribution in [0, 0.1) is 0 Å². The van der Waals surface area contributed by atoms with Crippen LogP contribution in [0.25, 0.3) is 0 Å². The first kappa shape index (κ1) is 26.1. The molecule has 0 saturated heterocycles. The van der Waals surface area contributed by atoms with Gasteiger partial charge in [0.05, 0.1) is 46.9 Å². The monoisotopic (exact) mass is 527 g/mol. The number of pyridine rings is 1. The predicted octanol–water partition coefficient (Wildman–Crippen LogP) is 4.13. The molecule has 0 aliphatic carbocycles. The van der Waals surface area contributed by atoms with Crippen molar-refractivity contribution in [1.82, 2.24) is 0 Å². The molecule has 36 heavy (non-hydrogen) atoms. The Bertz CT molecular complexity index is 1430. The molecule has 0 N–H and O–H groups in total. The topological polar surface area (TPSA) is 103 Å². The van der Waals surface area contributed by atoms with Crippen molar-refractivity contribution in [2.75, 3.05) is 19.1 Å². The molecule has 1 aromatic carbocycles. The molecule has 2 aliphatic heterocycles. The van der Waals surface area contributed by atoms with E-state index in [0.717, 1.165) is 33.4 Å². The molecule has 190 valence electrons. The summed E-state index contributed by atoms with van der Waals surface area (Å²) in [7, 11) is 0.715. The minimum Gasteiger partial charge on any atom is -0.744 e. The van der Waals surface area contributed by atoms with Gasteiger partial charge in [-0.15, -0.1) is 0 Å². The standard InChI is InChI=1S/C26H29N3O5S2/c1-26(2)19-9-7-13-28(3)25(19)27-22(26)14-17(8-6-10-24(30)34-5)15-23-29(4)20-12-11-18(36(31,32)33)16-21(20)35-23/h7,9,11-16H,6,8,10H2,1-5H3. The maximum atomic E-state index is 11.7. The lowest BCUT2D eigenvalue weighted by Crippen LogP contribution is -2.30. The molecule has 0 spiro atoms. The van der Waals surface area contributed by atoms with Gasteiger partial charge in [-0.1, -0.05) is 11.8 Å². The lowest BCUT2D eigenvalue weighted by Gasteiger charge is -2.18. The van der Waals surface area contributed by atoms with Gasteiger partial charge < -0.3 is 14.2 Å². The summed E-state index contributed by atoms with van der Waals surface area (Å²) in [5.41, 5.74) is 3.58. The number of aromatic nitrogens is 1. The van der Waals surface area contributed by atoms with Crippen molar-refractivity contribution in [1.29, 1.82) is 0 Å². The molecule has 1 aromatic heterocycles. The number of fused-ring (bicyclic) bond motifs is 2. The van der Waals surface area contributed by atoms with Crippen LogP contribution >= 0.6 is 11.8 Å². The van der Waals surface area contributed by atoms with Crippen LogP contribution in [-0.2, 0) is 32.1 Å². The number of anilines is 1. The predicted molar refractivity (Wildman–Crippen MR) is 138 cm³/mol. The number of aliphatic imine (C=N–C) groups is 1. The highest BCUT2D eigenvalue weighted by molar-refractivity contribution is 8.03. The molecule has 0 fully saturated rings. The third kappa shape index (κ3) is 5.11. The summed E-state index contributed by atoms with van der Waals surface area (Å²) in [6.07, 6.45) is 7.62. The number of rotatable bonds is 7. The van der Waals surface area contributed by atoms with Gasteiger partial charge in [-0.25, -0.2) is 13.0 Å². The smallest absolute Gasteiger partial charge is 0.327 e. The number of ether oxygens (including phenoxy) is 1. The van der Waals surface area contributed by atoms with Crippen molar-refractivity contribution in [3.8, 4) is 0 Å². The van der Waals surface area contributed by atoms with E-state index in [-0.39, 0.29) is 16.3 Å². The van der Waals surface area contributed by atoms with Crippen LogP contribution in [0.3, 0.4) is 0 Å². The van der Waals surface area contributed by atoms with Crippen LogP contribution in [0.2, 0.25) is 0 Å². The Kier molecular flexibility index (Phi) is 7.14. The number of thioether (sulfide) groups is 1. The van der Waals surface area contributed by atoms with Gasteiger partial charge in [0.2, 0.25) is 0 Å². The third-order valence-electron chi connectivity index (χ3n) is 6.52. The van der Waals surface area contributed by atoms with E-state index in [0.29, 0.717) is 24.2 Å². The van der Waals surface area contributed by atoms with Crippen molar-refractivity contribution >= 4 is 45.1 Å². The summed E-state index contributed by atoms with van der Waals surface area (Å²) in [6, 6.07) is 8.51. The average molecular weight is 528 g/mol. The highest BCUT2D eigenvalue weighted by Gasteiger charge is 2.41. The number of hydrogen-bond acceptors (Lipinski definition) is 8. The average Bonchev–Trinajstić information content (AvgIpc) is 3.26. The molecule has 2 aliphatic rings. The summed E-state index contributed by atoms with van der Waals surface area (Å²) in [5, 5.41) is 0.884. The van der Waals surface area contributed by atoms with Gasteiger partial charge >= 0.3 is 11.8 Å². The number of hydrogen-bond donors (Lipinski definition) is 0. The summed E-state index contributed by atoms with van der Waals surface area (Å²) >= 11 is 1.40. The lowest BCUT2D eigenvalue weighted by atomic mass is 9.81. The maximum absolute atomic E-state index is 11.7. The second kappa shape index (κ2) is 9.84. The molecule has 0 atom stereocenters. The van der Waals surface area contributed by atoms with E-state index >= 15 is 0 Å². The fraction of sp³-hybridized carbons (Fsp3) is 0.346. The first-order valence-corrected chi connectivity index (χ1v) is 13.7. The van der Waals surface area contributed by atoms with Crippen molar-refractivity contribution in [3.05, 3.63) is 64.8 Å². The highest BCUT2D eigenvalue weighted by atomic mass is 32.2. The fourth-order valence-electron chi connectivity index (χ4n) is 4.33. The van der Waals surface area contributed by atoms with E-state index in [2.05, 4.69) is 26.0 Å². The zero-order chi connectivity index (χ0) is 26.3. The third-order valence-corrected chi connectivity index (χ3v) is 8.50. The SMILES string of the molecule is COC(=O)CCCC(=C\C1=Nc2c(ccc[n+]2C)C1(C)C)/C=C1/Sc2cc(S(=O)(=O)[O-])ccc2N1C. The Morgan fingerprint density at radius 2 is 2.03 bits per heavy atom. The normalized spacial score (nSPS) is 17.7. The molecule has 0 bridgehead atoms. The van der Waals surface area contributed by atoms with Gasteiger partial charge in [0, 0.05) is 18.4 Å². The second-order valence-electron chi connectivity index (χ2n) is 9.35. The summed E-state index contributed by atoms with van der Waals surface area (Å²) in [4.78, 5) is 19.1. The number of methoxy groups -OCH3 is 1. The Labute approximate surface area is 216 Å². The van der Waals surface area contributed by atoms with E-state index in [1.54, 1.807) is 6.07 Å². The molecule has 8 nitrogen and oxygen atoms in total. The van der Waals surface area contributed by atoms with Gasteiger partial charge in [-0.05, 0) is 79.7 Å². The zero-order valence-corrected chi connectivity index (χ0v) is 22.6. The lowest BCUT2D eigenvalue weighted by molar-refractivity contribution is -0.658. The van der Waals surface area contributed by atoms with Gasteiger partial charge in [-0.2, -0.15) is 0 Å². The Balaban J connectivity index is 1.70. The van der Waals surface area contributed by atoms with Crippen LogP contribution in [-0.4, -0.2) is 38.8 Å². The molecule has 0 radical (unpaired) electrons. The second-order valence-corrected chi connectivity index (χ2v) is 11.8. The van der Waals surface area contributed by atoms with Crippen molar-refractivity contribution in [2.24, 2.45) is 12.0 Å². The van der Waals surface area contributed by atoms with Crippen LogP contribution in [0.4, 0.5) is 11.5 Å². The number of benzene rings is 1. The van der Waals surface area contributed by atoms with Crippen LogP contribution in [0.5, 0.6) is 0 Å². The minimum absolute atomic E-state index is 0.245.